The number of alkyl halides is 2. The molecular weight excluding hydrogens is 272 g/mol. The van der Waals surface area contributed by atoms with Crippen LogP contribution in [-0.2, 0) is 6.54 Å². The van der Waals surface area contributed by atoms with Gasteiger partial charge in [-0.2, -0.15) is 0 Å². The van der Waals surface area contributed by atoms with Gasteiger partial charge in [0.2, 0.25) is 0 Å². The molecule has 2 aromatic rings. The minimum Gasteiger partial charge on any atom is -0.492 e. The Morgan fingerprint density at radius 1 is 1.10 bits per heavy atom. The van der Waals surface area contributed by atoms with E-state index in [2.05, 4.69) is 5.32 Å². The molecule has 0 atom stereocenters. The molecule has 0 saturated carbocycles. The largest absolute Gasteiger partial charge is 0.492 e. The van der Waals surface area contributed by atoms with Crippen LogP contribution in [0, 0.1) is 6.92 Å². The highest BCUT2D eigenvalue weighted by Crippen LogP contribution is 2.26. The van der Waals surface area contributed by atoms with E-state index in [0.29, 0.717) is 13.2 Å². The molecule has 2 aromatic carbocycles. The van der Waals surface area contributed by atoms with E-state index < -0.39 is 6.43 Å². The van der Waals surface area contributed by atoms with Crippen LogP contribution in [0.4, 0.5) is 14.5 Å². The number of halogens is 2. The number of aryl methyl sites for hydroxylation is 1. The van der Waals surface area contributed by atoms with Gasteiger partial charge in [0.1, 0.15) is 5.75 Å². The van der Waals surface area contributed by atoms with Crippen LogP contribution < -0.4 is 10.1 Å². The predicted molar refractivity (Wildman–Crippen MR) is 81.1 cm³/mol. The quantitative estimate of drug-likeness (QED) is 0.813. The average Bonchev–Trinajstić information content (AvgIpc) is 2.47. The molecule has 0 bridgehead atoms. The summed E-state index contributed by atoms with van der Waals surface area (Å²) in [5.74, 6) is 0.807. The minimum atomic E-state index is -2.42. The monoisotopic (exact) mass is 291 g/mol. The van der Waals surface area contributed by atoms with Gasteiger partial charge < -0.3 is 10.1 Å². The SMILES string of the molecule is CCOc1cc(C)ccc1NCc1ccc(C(F)F)cc1. The van der Waals surface area contributed by atoms with Crippen molar-refractivity contribution in [2.75, 3.05) is 11.9 Å². The summed E-state index contributed by atoms with van der Waals surface area (Å²) in [6.45, 7) is 5.11. The standard InChI is InChI=1S/C17H19F2NO/c1-3-21-16-10-12(2)4-9-15(16)20-11-13-5-7-14(8-6-13)17(18)19/h4-10,17,20H,3,11H2,1-2H3. The Bertz CT molecular complexity index is 582. The van der Waals surface area contributed by atoms with Crippen LogP contribution in [0.3, 0.4) is 0 Å². The van der Waals surface area contributed by atoms with Crippen LogP contribution in [0.5, 0.6) is 5.75 Å². The van der Waals surface area contributed by atoms with Gasteiger partial charge in [-0.1, -0.05) is 30.3 Å². The molecule has 0 aliphatic rings. The lowest BCUT2D eigenvalue weighted by molar-refractivity contribution is 0.151. The molecule has 0 fully saturated rings. The zero-order chi connectivity index (χ0) is 15.2. The molecule has 4 heteroatoms. The number of ether oxygens (including phenoxy) is 1. The second kappa shape index (κ2) is 7.07. The molecule has 112 valence electrons. The highest BCUT2D eigenvalue weighted by Gasteiger charge is 2.07. The van der Waals surface area contributed by atoms with E-state index in [1.54, 1.807) is 12.1 Å². The van der Waals surface area contributed by atoms with Crippen LogP contribution in [0.2, 0.25) is 0 Å². The topological polar surface area (TPSA) is 21.3 Å². The first-order chi connectivity index (χ1) is 10.1. The Morgan fingerprint density at radius 2 is 1.81 bits per heavy atom. The first-order valence-corrected chi connectivity index (χ1v) is 6.94. The van der Waals surface area contributed by atoms with Crippen molar-refractivity contribution in [3.05, 3.63) is 59.2 Å². The van der Waals surface area contributed by atoms with Gasteiger partial charge in [0.05, 0.1) is 12.3 Å². The number of hydrogen-bond donors (Lipinski definition) is 1. The van der Waals surface area contributed by atoms with Gasteiger partial charge in [-0.3, -0.25) is 0 Å². The first kappa shape index (κ1) is 15.3. The van der Waals surface area contributed by atoms with Crippen LogP contribution in [0.1, 0.15) is 30.0 Å². The predicted octanol–water partition coefficient (Wildman–Crippen LogP) is 4.94. The average molecular weight is 291 g/mol. The second-order valence-corrected chi connectivity index (χ2v) is 4.83. The van der Waals surface area contributed by atoms with E-state index >= 15 is 0 Å². The molecular formula is C17H19F2NO. The maximum atomic E-state index is 12.5. The summed E-state index contributed by atoms with van der Waals surface area (Å²) in [6.07, 6.45) is -2.42. The molecule has 0 unspecified atom stereocenters. The third-order valence-corrected chi connectivity index (χ3v) is 3.15. The number of hydrogen-bond acceptors (Lipinski definition) is 2. The van der Waals surface area contributed by atoms with Crippen molar-refractivity contribution in [3.8, 4) is 5.75 Å². The summed E-state index contributed by atoms with van der Waals surface area (Å²) >= 11 is 0. The maximum absolute atomic E-state index is 12.5. The fourth-order valence-electron chi connectivity index (χ4n) is 2.03. The highest BCUT2D eigenvalue weighted by molar-refractivity contribution is 5.57. The van der Waals surface area contributed by atoms with Crippen LogP contribution in [0.25, 0.3) is 0 Å². The van der Waals surface area contributed by atoms with Crippen molar-refractivity contribution in [3.63, 3.8) is 0 Å². The normalized spacial score (nSPS) is 10.7. The third kappa shape index (κ3) is 4.18. The number of anilines is 1. The summed E-state index contributed by atoms with van der Waals surface area (Å²) in [6, 6.07) is 12.3. The van der Waals surface area contributed by atoms with Crippen molar-refractivity contribution in [1.29, 1.82) is 0 Å². The molecule has 0 aliphatic carbocycles. The summed E-state index contributed by atoms with van der Waals surface area (Å²) in [7, 11) is 0. The molecule has 0 spiro atoms. The number of nitrogens with one attached hydrogen (secondary N) is 1. The molecule has 0 saturated heterocycles. The second-order valence-electron chi connectivity index (χ2n) is 4.83. The molecule has 2 rings (SSSR count). The lowest BCUT2D eigenvalue weighted by Gasteiger charge is -2.13. The van der Waals surface area contributed by atoms with Crippen molar-refractivity contribution in [1.82, 2.24) is 0 Å². The smallest absolute Gasteiger partial charge is 0.263 e. The third-order valence-electron chi connectivity index (χ3n) is 3.15. The summed E-state index contributed by atoms with van der Waals surface area (Å²) in [5.41, 5.74) is 3.03. The molecule has 1 N–H and O–H groups in total. The Labute approximate surface area is 123 Å². The van der Waals surface area contributed by atoms with Crippen molar-refractivity contribution in [2.24, 2.45) is 0 Å². The van der Waals surface area contributed by atoms with E-state index in [1.165, 1.54) is 12.1 Å². The van der Waals surface area contributed by atoms with Gasteiger partial charge in [-0.25, -0.2) is 8.78 Å². The van der Waals surface area contributed by atoms with E-state index in [4.69, 9.17) is 4.74 Å². The fraction of sp³-hybridized carbons (Fsp3) is 0.294. The van der Waals surface area contributed by atoms with Gasteiger partial charge in [0.25, 0.3) is 6.43 Å². The van der Waals surface area contributed by atoms with E-state index in [9.17, 15) is 8.78 Å². The number of rotatable bonds is 6. The first-order valence-electron chi connectivity index (χ1n) is 6.94. The number of benzene rings is 2. The summed E-state index contributed by atoms with van der Waals surface area (Å²) in [5, 5.41) is 3.28. The van der Waals surface area contributed by atoms with Crippen LogP contribution >= 0.6 is 0 Å². The zero-order valence-corrected chi connectivity index (χ0v) is 12.2. The summed E-state index contributed by atoms with van der Waals surface area (Å²) < 4.78 is 30.6. The molecule has 21 heavy (non-hydrogen) atoms. The Hall–Kier alpha value is -2.10. The van der Waals surface area contributed by atoms with E-state index in [1.807, 2.05) is 32.0 Å². The van der Waals surface area contributed by atoms with Crippen molar-refractivity contribution >= 4 is 5.69 Å². The zero-order valence-electron chi connectivity index (χ0n) is 12.2. The van der Waals surface area contributed by atoms with Gasteiger partial charge in [-0.05, 0) is 37.1 Å². The van der Waals surface area contributed by atoms with Crippen molar-refractivity contribution in [2.45, 2.75) is 26.8 Å². The van der Waals surface area contributed by atoms with Gasteiger partial charge in [0.15, 0.2) is 0 Å². The van der Waals surface area contributed by atoms with E-state index in [0.717, 1.165) is 22.6 Å². The van der Waals surface area contributed by atoms with Gasteiger partial charge >= 0.3 is 0 Å². The Kier molecular flexibility index (Phi) is 5.14. The lowest BCUT2D eigenvalue weighted by Crippen LogP contribution is -2.03. The minimum absolute atomic E-state index is 0.0455. The molecule has 0 aliphatic heterocycles. The van der Waals surface area contributed by atoms with Crippen molar-refractivity contribution < 1.29 is 13.5 Å². The molecule has 0 radical (unpaired) electrons. The molecule has 0 heterocycles. The Morgan fingerprint density at radius 3 is 2.43 bits per heavy atom. The van der Waals surface area contributed by atoms with E-state index in [-0.39, 0.29) is 5.56 Å². The fourth-order valence-corrected chi connectivity index (χ4v) is 2.03. The maximum Gasteiger partial charge on any atom is 0.263 e. The van der Waals surface area contributed by atoms with Gasteiger partial charge in [0, 0.05) is 12.1 Å². The summed E-state index contributed by atoms with van der Waals surface area (Å²) in [4.78, 5) is 0. The molecule has 0 amide bonds. The molecule has 0 aromatic heterocycles. The Balaban J connectivity index is 2.05. The molecule has 2 nitrogen and oxygen atoms in total. The lowest BCUT2D eigenvalue weighted by atomic mass is 10.1. The van der Waals surface area contributed by atoms with Crippen LogP contribution in [0.15, 0.2) is 42.5 Å². The van der Waals surface area contributed by atoms with Crippen LogP contribution in [-0.4, -0.2) is 6.61 Å². The highest BCUT2D eigenvalue weighted by atomic mass is 19.3. The van der Waals surface area contributed by atoms with Gasteiger partial charge in [-0.15, -0.1) is 0 Å².